The Bertz CT molecular complexity index is 978. The van der Waals surface area contributed by atoms with Crippen molar-refractivity contribution in [3.63, 3.8) is 0 Å². The number of allylic oxidation sites excluding steroid dienone is 3. The molecule has 0 saturated carbocycles. The molecule has 0 radical (unpaired) electrons. The zero-order valence-corrected chi connectivity index (χ0v) is 17.7. The van der Waals surface area contributed by atoms with Crippen LogP contribution < -0.4 is 10.6 Å². The van der Waals surface area contributed by atoms with Gasteiger partial charge in [0.15, 0.2) is 0 Å². The van der Waals surface area contributed by atoms with Crippen molar-refractivity contribution in [1.82, 2.24) is 5.32 Å². The third kappa shape index (κ3) is 6.06. The number of carbonyl (C=O) groups is 1. The van der Waals surface area contributed by atoms with Gasteiger partial charge < -0.3 is 10.6 Å². The van der Waals surface area contributed by atoms with E-state index in [2.05, 4.69) is 35.5 Å². The van der Waals surface area contributed by atoms with Gasteiger partial charge in [-0.3, -0.25) is 4.79 Å². The predicted molar refractivity (Wildman–Crippen MR) is 121 cm³/mol. The number of nitrogens with one attached hydrogen (secondary N) is 2. The minimum Gasteiger partial charge on any atom is -0.364 e. The molecule has 2 aromatic carbocycles. The highest BCUT2D eigenvalue weighted by Crippen LogP contribution is 2.21. The molecule has 0 spiro atoms. The van der Waals surface area contributed by atoms with Gasteiger partial charge in [-0.05, 0) is 68.2 Å². The maximum atomic E-state index is 12.5. The lowest BCUT2D eigenvalue weighted by atomic mass is 10.1. The molecule has 0 fully saturated rings. The van der Waals surface area contributed by atoms with Crippen molar-refractivity contribution < 1.29 is 4.79 Å². The van der Waals surface area contributed by atoms with Gasteiger partial charge in [0.2, 0.25) is 0 Å². The summed E-state index contributed by atoms with van der Waals surface area (Å²) in [5.74, 6) is 1.01. The Kier molecular flexibility index (Phi) is 6.89. The largest absolute Gasteiger partial charge is 0.364 e. The molecule has 150 valence electrons. The molecule has 1 heterocycles. The van der Waals surface area contributed by atoms with Gasteiger partial charge in [-0.2, -0.15) is 0 Å². The average Bonchev–Trinajstić information content (AvgIpc) is 2.67. The van der Waals surface area contributed by atoms with Crippen LogP contribution in [0.15, 0.2) is 77.6 Å². The summed E-state index contributed by atoms with van der Waals surface area (Å²) in [7, 11) is 0. The van der Waals surface area contributed by atoms with Crippen LogP contribution in [0.2, 0.25) is 0 Å². The van der Waals surface area contributed by atoms with Gasteiger partial charge in [0.1, 0.15) is 11.0 Å². The van der Waals surface area contributed by atoms with Crippen LogP contribution in [0.5, 0.6) is 0 Å². The zero-order chi connectivity index (χ0) is 20.8. The van der Waals surface area contributed by atoms with Crippen LogP contribution in [0.1, 0.15) is 47.8 Å². The van der Waals surface area contributed by atoms with E-state index in [1.807, 2.05) is 67.6 Å². The van der Waals surface area contributed by atoms with E-state index in [-0.39, 0.29) is 11.9 Å². The number of benzene rings is 2. The van der Waals surface area contributed by atoms with Crippen molar-refractivity contribution in [2.24, 2.45) is 10.9 Å². The SMILES string of the molecule is Cc1cccc(C(=O)Nc2cccc([C@H](C)NC3=C/C(C)C/C=C/C(Cl)=N\3)c2)c1. The topological polar surface area (TPSA) is 53.5 Å². The fourth-order valence-corrected chi connectivity index (χ4v) is 3.35. The summed E-state index contributed by atoms with van der Waals surface area (Å²) < 4.78 is 0. The van der Waals surface area contributed by atoms with Crippen LogP contribution >= 0.6 is 11.6 Å². The molecule has 29 heavy (non-hydrogen) atoms. The van der Waals surface area contributed by atoms with Crippen molar-refractivity contribution >= 4 is 28.4 Å². The third-order valence-corrected chi connectivity index (χ3v) is 4.93. The highest BCUT2D eigenvalue weighted by Gasteiger charge is 2.12. The minimum absolute atomic E-state index is 0.000828. The minimum atomic E-state index is -0.119. The zero-order valence-electron chi connectivity index (χ0n) is 16.9. The molecule has 1 unspecified atom stereocenters. The van der Waals surface area contributed by atoms with Gasteiger partial charge in [-0.25, -0.2) is 4.99 Å². The molecule has 0 aliphatic carbocycles. The molecule has 0 saturated heterocycles. The quantitative estimate of drug-likeness (QED) is 0.641. The lowest BCUT2D eigenvalue weighted by molar-refractivity contribution is 0.102. The second kappa shape index (κ2) is 9.57. The second-order valence-electron chi connectivity index (χ2n) is 7.42. The highest BCUT2D eigenvalue weighted by molar-refractivity contribution is 6.68. The number of aliphatic imine (C=N–C) groups is 1. The van der Waals surface area contributed by atoms with E-state index in [9.17, 15) is 4.79 Å². The molecule has 2 atom stereocenters. The number of amides is 1. The summed E-state index contributed by atoms with van der Waals surface area (Å²) in [4.78, 5) is 17.0. The first kappa shape index (κ1) is 20.9. The number of carbonyl (C=O) groups excluding carboxylic acids is 1. The summed E-state index contributed by atoms with van der Waals surface area (Å²) >= 11 is 6.15. The Balaban J connectivity index is 1.73. The van der Waals surface area contributed by atoms with Gasteiger partial charge in [-0.1, -0.05) is 54.4 Å². The lowest BCUT2D eigenvalue weighted by Gasteiger charge is -2.19. The molecule has 2 aromatic rings. The van der Waals surface area contributed by atoms with E-state index < -0.39 is 0 Å². The number of anilines is 1. The third-order valence-electron chi connectivity index (χ3n) is 4.72. The predicted octanol–water partition coefficient (Wildman–Crippen LogP) is 5.97. The van der Waals surface area contributed by atoms with Gasteiger partial charge in [0.25, 0.3) is 5.91 Å². The van der Waals surface area contributed by atoms with E-state index in [0.29, 0.717) is 16.7 Å². The number of aryl methyl sites for hydroxylation is 1. The van der Waals surface area contributed by atoms with Crippen molar-refractivity contribution in [3.05, 3.63) is 89.3 Å². The molecule has 3 rings (SSSR count). The Hall–Kier alpha value is -2.85. The van der Waals surface area contributed by atoms with Crippen molar-refractivity contribution in [3.8, 4) is 0 Å². The van der Waals surface area contributed by atoms with Gasteiger partial charge in [0.05, 0.1) is 6.04 Å². The van der Waals surface area contributed by atoms with Crippen molar-refractivity contribution in [1.29, 1.82) is 0 Å². The summed E-state index contributed by atoms with van der Waals surface area (Å²) in [5, 5.41) is 6.86. The monoisotopic (exact) mass is 407 g/mol. The van der Waals surface area contributed by atoms with Crippen LogP contribution in [0.25, 0.3) is 0 Å². The molecule has 5 heteroatoms. The normalized spacial score (nSPS) is 22.1. The van der Waals surface area contributed by atoms with Crippen molar-refractivity contribution in [2.75, 3.05) is 5.32 Å². The molecule has 1 aliphatic heterocycles. The number of hydrogen-bond acceptors (Lipinski definition) is 3. The van der Waals surface area contributed by atoms with Gasteiger partial charge in [-0.15, -0.1) is 0 Å². The van der Waals surface area contributed by atoms with E-state index in [0.717, 1.165) is 29.1 Å². The molecule has 1 amide bonds. The van der Waals surface area contributed by atoms with Crippen LogP contribution in [0, 0.1) is 12.8 Å². The Labute approximate surface area is 177 Å². The number of hydrogen-bond donors (Lipinski definition) is 2. The van der Waals surface area contributed by atoms with E-state index in [4.69, 9.17) is 11.6 Å². The molecular weight excluding hydrogens is 382 g/mol. The molecule has 0 aromatic heterocycles. The van der Waals surface area contributed by atoms with Crippen LogP contribution in [0.3, 0.4) is 0 Å². The van der Waals surface area contributed by atoms with Crippen molar-refractivity contribution in [2.45, 2.75) is 33.2 Å². The van der Waals surface area contributed by atoms with Gasteiger partial charge in [0, 0.05) is 11.3 Å². The summed E-state index contributed by atoms with van der Waals surface area (Å²) in [5.41, 5.74) is 3.50. The molecule has 2 N–H and O–H groups in total. The van der Waals surface area contributed by atoms with E-state index in [1.165, 1.54) is 0 Å². The first-order valence-corrected chi connectivity index (χ1v) is 10.2. The average molecular weight is 408 g/mol. The first-order valence-electron chi connectivity index (χ1n) is 9.78. The van der Waals surface area contributed by atoms with Crippen LogP contribution in [-0.2, 0) is 0 Å². The smallest absolute Gasteiger partial charge is 0.255 e. The maximum Gasteiger partial charge on any atom is 0.255 e. The Morgan fingerprint density at radius 1 is 1.21 bits per heavy atom. The Morgan fingerprint density at radius 3 is 2.79 bits per heavy atom. The number of halogens is 1. The maximum absolute atomic E-state index is 12.5. The van der Waals surface area contributed by atoms with Crippen LogP contribution in [-0.4, -0.2) is 11.1 Å². The second-order valence-corrected chi connectivity index (χ2v) is 7.80. The van der Waals surface area contributed by atoms with E-state index in [1.54, 1.807) is 0 Å². The lowest BCUT2D eigenvalue weighted by Crippen LogP contribution is -2.19. The van der Waals surface area contributed by atoms with Gasteiger partial charge >= 0.3 is 0 Å². The summed E-state index contributed by atoms with van der Waals surface area (Å²) in [6.07, 6.45) is 6.88. The number of nitrogens with zero attached hydrogens (tertiary/aromatic N) is 1. The summed E-state index contributed by atoms with van der Waals surface area (Å²) in [6.45, 7) is 6.18. The fourth-order valence-electron chi connectivity index (χ4n) is 3.17. The highest BCUT2D eigenvalue weighted by atomic mass is 35.5. The molecular formula is C24H26ClN3O. The molecule has 0 bridgehead atoms. The molecule has 1 aliphatic rings. The summed E-state index contributed by atoms with van der Waals surface area (Å²) in [6, 6.07) is 15.4. The van der Waals surface area contributed by atoms with Crippen LogP contribution in [0.4, 0.5) is 5.69 Å². The first-order chi connectivity index (χ1) is 13.9. The standard InChI is InChI=1S/C24H26ClN3O/c1-16-7-4-10-20(13-16)24(29)27-21-11-6-9-19(15-21)18(3)26-23-14-17(2)8-5-12-22(25)28-23/h4-7,9-15,17-18,26H,8H2,1-3H3,(H,27,29)/b12-5+,23-14-,28-22+/t17?,18-/m0/s1. The Morgan fingerprint density at radius 2 is 2.00 bits per heavy atom. The van der Waals surface area contributed by atoms with E-state index >= 15 is 0 Å². The molecule has 4 nitrogen and oxygen atoms in total. The fraction of sp³-hybridized carbons (Fsp3) is 0.250. The number of rotatable bonds is 5.